The standard InChI is InChI=1S/C21H24N4S/c1-23-21(24-14-18-7-5-6-17(12-18)13-22)25-11-10-19(15-25)16-26-20-8-3-2-4-9-20/h2-9,12,19H,10-11,14-16H2,1H3,(H,23,24). The molecule has 1 aliphatic heterocycles. The molecule has 1 saturated heterocycles. The van der Waals surface area contributed by atoms with Crippen LogP contribution in [0.3, 0.4) is 0 Å². The summed E-state index contributed by atoms with van der Waals surface area (Å²) in [6.45, 7) is 2.76. The number of thioether (sulfide) groups is 1. The van der Waals surface area contributed by atoms with Crippen LogP contribution in [0.4, 0.5) is 0 Å². The highest BCUT2D eigenvalue weighted by Crippen LogP contribution is 2.25. The van der Waals surface area contributed by atoms with Gasteiger partial charge in [0.15, 0.2) is 5.96 Å². The summed E-state index contributed by atoms with van der Waals surface area (Å²) >= 11 is 1.94. The highest BCUT2D eigenvalue weighted by molar-refractivity contribution is 7.99. The zero-order valence-electron chi connectivity index (χ0n) is 15.1. The molecule has 5 heteroatoms. The summed E-state index contributed by atoms with van der Waals surface area (Å²) in [6.07, 6.45) is 1.20. The van der Waals surface area contributed by atoms with Gasteiger partial charge in [-0.2, -0.15) is 5.26 Å². The number of benzene rings is 2. The monoisotopic (exact) mass is 364 g/mol. The molecule has 2 aromatic carbocycles. The summed E-state index contributed by atoms with van der Waals surface area (Å²) in [7, 11) is 1.83. The maximum Gasteiger partial charge on any atom is 0.193 e. The quantitative estimate of drug-likeness (QED) is 0.499. The van der Waals surface area contributed by atoms with Crippen LogP contribution in [-0.4, -0.2) is 36.7 Å². The van der Waals surface area contributed by atoms with Gasteiger partial charge in [0.2, 0.25) is 0 Å². The van der Waals surface area contributed by atoms with Crippen LogP contribution < -0.4 is 5.32 Å². The van der Waals surface area contributed by atoms with Crippen molar-refractivity contribution in [3.05, 3.63) is 65.7 Å². The first-order chi connectivity index (χ1) is 12.8. The molecule has 2 aromatic rings. The first kappa shape index (κ1) is 18.3. The second-order valence-corrected chi connectivity index (χ2v) is 7.53. The maximum absolute atomic E-state index is 9.02. The Labute approximate surface area is 159 Å². The molecule has 0 radical (unpaired) electrons. The molecule has 0 saturated carbocycles. The molecular formula is C21H24N4S. The van der Waals surface area contributed by atoms with E-state index in [1.165, 1.54) is 11.3 Å². The van der Waals surface area contributed by atoms with Crippen molar-refractivity contribution in [3.8, 4) is 6.07 Å². The summed E-state index contributed by atoms with van der Waals surface area (Å²) in [4.78, 5) is 8.12. The molecule has 0 spiro atoms. The predicted octanol–water partition coefficient (Wildman–Crippen LogP) is 3.75. The van der Waals surface area contributed by atoms with Gasteiger partial charge in [-0.05, 0) is 42.2 Å². The Balaban J connectivity index is 1.49. The van der Waals surface area contributed by atoms with E-state index in [0.717, 1.165) is 30.4 Å². The second-order valence-electron chi connectivity index (χ2n) is 6.44. The third-order valence-corrected chi connectivity index (χ3v) is 5.78. The summed E-state index contributed by atoms with van der Waals surface area (Å²) in [5.41, 5.74) is 1.79. The average Bonchev–Trinajstić information content (AvgIpc) is 3.17. The molecule has 0 aromatic heterocycles. The maximum atomic E-state index is 9.02. The van der Waals surface area contributed by atoms with Crippen LogP contribution in [0.15, 0.2) is 64.5 Å². The van der Waals surface area contributed by atoms with E-state index in [1.54, 1.807) is 0 Å². The number of hydrogen-bond acceptors (Lipinski definition) is 3. The predicted molar refractivity (Wildman–Crippen MR) is 108 cm³/mol. The number of hydrogen-bond donors (Lipinski definition) is 1. The van der Waals surface area contributed by atoms with Crippen molar-refractivity contribution >= 4 is 17.7 Å². The van der Waals surface area contributed by atoms with Crippen molar-refractivity contribution in [3.63, 3.8) is 0 Å². The zero-order valence-corrected chi connectivity index (χ0v) is 15.9. The van der Waals surface area contributed by atoms with Gasteiger partial charge in [0.1, 0.15) is 0 Å². The van der Waals surface area contributed by atoms with Crippen molar-refractivity contribution in [2.75, 3.05) is 25.9 Å². The van der Waals surface area contributed by atoms with Crippen LogP contribution in [-0.2, 0) is 6.54 Å². The van der Waals surface area contributed by atoms with Crippen LogP contribution in [0, 0.1) is 17.2 Å². The first-order valence-electron chi connectivity index (χ1n) is 8.91. The van der Waals surface area contributed by atoms with Gasteiger partial charge in [-0.3, -0.25) is 4.99 Å². The van der Waals surface area contributed by atoms with Gasteiger partial charge in [0, 0.05) is 37.3 Å². The average molecular weight is 365 g/mol. The first-order valence-corrected chi connectivity index (χ1v) is 9.89. The van der Waals surface area contributed by atoms with E-state index in [0.29, 0.717) is 18.0 Å². The van der Waals surface area contributed by atoms with Crippen molar-refractivity contribution in [1.82, 2.24) is 10.2 Å². The number of aliphatic imine (C=N–C) groups is 1. The van der Waals surface area contributed by atoms with Crippen LogP contribution in [0.1, 0.15) is 17.5 Å². The molecule has 3 rings (SSSR count). The normalized spacial score (nSPS) is 17.2. The Morgan fingerprint density at radius 1 is 1.27 bits per heavy atom. The Morgan fingerprint density at radius 3 is 2.88 bits per heavy atom. The van der Waals surface area contributed by atoms with Gasteiger partial charge in [-0.15, -0.1) is 11.8 Å². The lowest BCUT2D eigenvalue weighted by molar-refractivity contribution is 0.474. The number of nitrogens with one attached hydrogen (secondary N) is 1. The summed E-state index contributed by atoms with van der Waals surface area (Å²) < 4.78 is 0. The fourth-order valence-corrected chi connectivity index (χ4v) is 4.21. The molecule has 1 N–H and O–H groups in total. The van der Waals surface area contributed by atoms with Gasteiger partial charge in [-0.1, -0.05) is 30.3 Å². The minimum Gasteiger partial charge on any atom is -0.352 e. The Kier molecular flexibility index (Phi) is 6.56. The van der Waals surface area contributed by atoms with Gasteiger partial charge in [0.05, 0.1) is 11.6 Å². The number of rotatable bonds is 5. The molecular weight excluding hydrogens is 340 g/mol. The van der Waals surface area contributed by atoms with Gasteiger partial charge in [-0.25, -0.2) is 0 Å². The number of nitriles is 1. The number of guanidine groups is 1. The van der Waals surface area contributed by atoms with E-state index >= 15 is 0 Å². The highest BCUT2D eigenvalue weighted by Gasteiger charge is 2.24. The lowest BCUT2D eigenvalue weighted by Gasteiger charge is -2.21. The Bertz CT molecular complexity index is 782. The third-order valence-electron chi connectivity index (χ3n) is 4.53. The van der Waals surface area contributed by atoms with Crippen LogP contribution >= 0.6 is 11.8 Å². The third kappa shape index (κ3) is 5.03. The minimum atomic E-state index is 0.681. The molecule has 0 bridgehead atoms. The Morgan fingerprint density at radius 2 is 2.12 bits per heavy atom. The lowest BCUT2D eigenvalue weighted by atomic mass is 10.1. The molecule has 1 atom stereocenters. The lowest BCUT2D eigenvalue weighted by Crippen LogP contribution is -2.39. The molecule has 26 heavy (non-hydrogen) atoms. The SMILES string of the molecule is CN=C(NCc1cccc(C#N)c1)N1CCC(CSc2ccccc2)C1. The van der Waals surface area contributed by atoms with Gasteiger partial charge < -0.3 is 10.2 Å². The summed E-state index contributed by atoms with van der Waals surface area (Å²) in [5, 5.41) is 12.4. The van der Waals surface area contributed by atoms with Crippen LogP contribution in [0.2, 0.25) is 0 Å². The molecule has 1 aliphatic rings. The van der Waals surface area contributed by atoms with Gasteiger partial charge in [0.25, 0.3) is 0 Å². The van der Waals surface area contributed by atoms with Gasteiger partial charge >= 0.3 is 0 Å². The van der Waals surface area contributed by atoms with E-state index < -0.39 is 0 Å². The van der Waals surface area contributed by atoms with E-state index in [9.17, 15) is 0 Å². The van der Waals surface area contributed by atoms with E-state index in [1.807, 2.05) is 43.1 Å². The van der Waals surface area contributed by atoms with Crippen molar-refractivity contribution in [2.24, 2.45) is 10.9 Å². The number of likely N-dealkylation sites (tertiary alicyclic amines) is 1. The fourth-order valence-electron chi connectivity index (χ4n) is 3.16. The second kappa shape index (κ2) is 9.30. The zero-order chi connectivity index (χ0) is 18.2. The number of nitrogens with zero attached hydrogens (tertiary/aromatic N) is 3. The molecule has 4 nitrogen and oxygen atoms in total. The summed E-state index contributed by atoms with van der Waals surface area (Å²) in [6, 6.07) is 20.5. The molecule has 1 heterocycles. The Hall–Kier alpha value is -2.45. The van der Waals surface area contributed by atoms with Crippen LogP contribution in [0.25, 0.3) is 0 Å². The van der Waals surface area contributed by atoms with Crippen molar-refractivity contribution in [2.45, 2.75) is 17.9 Å². The van der Waals surface area contributed by atoms with Crippen LogP contribution in [0.5, 0.6) is 0 Å². The van der Waals surface area contributed by atoms with E-state index in [2.05, 4.69) is 51.6 Å². The summed E-state index contributed by atoms with van der Waals surface area (Å²) in [5.74, 6) is 2.77. The molecule has 1 unspecified atom stereocenters. The molecule has 0 aliphatic carbocycles. The minimum absolute atomic E-state index is 0.681. The molecule has 1 fully saturated rings. The van der Waals surface area contributed by atoms with E-state index in [-0.39, 0.29) is 0 Å². The highest BCUT2D eigenvalue weighted by atomic mass is 32.2. The smallest absolute Gasteiger partial charge is 0.193 e. The fraction of sp³-hybridized carbons (Fsp3) is 0.333. The largest absolute Gasteiger partial charge is 0.352 e. The molecule has 0 amide bonds. The van der Waals surface area contributed by atoms with Crippen molar-refractivity contribution in [1.29, 1.82) is 5.26 Å². The van der Waals surface area contributed by atoms with Crippen molar-refractivity contribution < 1.29 is 0 Å². The molecule has 134 valence electrons. The van der Waals surface area contributed by atoms with E-state index in [4.69, 9.17) is 5.26 Å². The topological polar surface area (TPSA) is 51.4 Å².